The van der Waals surface area contributed by atoms with Crippen LogP contribution in [0.2, 0.25) is 0 Å². The lowest BCUT2D eigenvalue weighted by molar-refractivity contribution is -0.137. The summed E-state index contributed by atoms with van der Waals surface area (Å²) < 4.78 is 44.2. The number of halogens is 3. The van der Waals surface area contributed by atoms with Gasteiger partial charge in [-0.1, -0.05) is 18.2 Å². The molecule has 0 saturated carbocycles. The summed E-state index contributed by atoms with van der Waals surface area (Å²) in [5.41, 5.74) is 0.0792. The lowest BCUT2D eigenvalue weighted by atomic mass is 10.0. The van der Waals surface area contributed by atoms with Gasteiger partial charge in [0, 0.05) is 19.5 Å². The third-order valence-corrected chi connectivity index (χ3v) is 4.84. The van der Waals surface area contributed by atoms with E-state index in [9.17, 15) is 22.8 Å². The lowest BCUT2D eigenvalue weighted by Crippen LogP contribution is -2.53. The number of carbonyl (C=O) groups is 2. The Hall–Kier alpha value is -3.03. The van der Waals surface area contributed by atoms with Gasteiger partial charge < -0.3 is 15.0 Å². The van der Waals surface area contributed by atoms with Gasteiger partial charge in [-0.3, -0.25) is 9.59 Å². The molecule has 30 heavy (non-hydrogen) atoms. The summed E-state index contributed by atoms with van der Waals surface area (Å²) >= 11 is 0. The van der Waals surface area contributed by atoms with Gasteiger partial charge in [-0.15, -0.1) is 0 Å². The maximum absolute atomic E-state index is 12.8. The monoisotopic (exact) mass is 420 g/mol. The van der Waals surface area contributed by atoms with Crippen molar-refractivity contribution in [1.82, 2.24) is 5.32 Å². The fraction of sp³-hybridized carbons (Fsp3) is 0.364. The molecule has 160 valence electrons. The molecular formula is C22H23F3N2O3. The first-order valence-corrected chi connectivity index (χ1v) is 9.52. The molecule has 1 heterocycles. The second-order valence-electron chi connectivity index (χ2n) is 7.77. The second-order valence-corrected chi connectivity index (χ2v) is 7.77. The first-order valence-electron chi connectivity index (χ1n) is 9.52. The van der Waals surface area contributed by atoms with E-state index in [-0.39, 0.29) is 31.3 Å². The molecule has 2 aromatic carbocycles. The number of hydrogen-bond acceptors (Lipinski definition) is 3. The topological polar surface area (TPSA) is 58.6 Å². The van der Waals surface area contributed by atoms with Crippen molar-refractivity contribution in [3.05, 3.63) is 59.2 Å². The van der Waals surface area contributed by atoms with Gasteiger partial charge in [0.15, 0.2) is 5.60 Å². The van der Waals surface area contributed by atoms with Crippen molar-refractivity contribution in [3.8, 4) is 5.75 Å². The summed E-state index contributed by atoms with van der Waals surface area (Å²) in [6.07, 6.45) is -4.43. The standard InChI is InChI=1S/C22H23F3N2O3/c1-14-7-8-18-17(11-14)27(20(29)21(2,3)30-18)10-9-19(28)26-13-15-5-4-6-16(12-15)22(23,24)25/h4-8,11-12H,9-10,13H2,1-3H3,(H,26,28). The number of amides is 2. The number of fused-ring (bicyclic) bond motifs is 1. The molecule has 0 spiro atoms. The summed E-state index contributed by atoms with van der Waals surface area (Å²) in [7, 11) is 0. The first-order chi connectivity index (χ1) is 14.0. The van der Waals surface area contributed by atoms with Gasteiger partial charge in [-0.2, -0.15) is 13.2 Å². The number of aryl methyl sites for hydroxylation is 1. The molecule has 2 amide bonds. The van der Waals surface area contributed by atoms with Crippen LogP contribution in [0.4, 0.5) is 18.9 Å². The number of carbonyl (C=O) groups excluding carboxylic acids is 2. The minimum atomic E-state index is -4.44. The van der Waals surface area contributed by atoms with Crippen molar-refractivity contribution in [2.45, 2.75) is 45.5 Å². The van der Waals surface area contributed by atoms with E-state index in [1.807, 2.05) is 19.1 Å². The van der Waals surface area contributed by atoms with Crippen LogP contribution in [0.3, 0.4) is 0 Å². The summed E-state index contributed by atoms with van der Waals surface area (Å²) in [5, 5.41) is 2.61. The number of hydrogen-bond donors (Lipinski definition) is 1. The van der Waals surface area contributed by atoms with Crippen molar-refractivity contribution < 1.29 is 27.5 Å². The number of benzene rings is 2. The highest BCUT2D eigenvalue weighted by atomic mass is 19.4. The van der Waals surface area contributed by atoms with Crippen molar-refractivity contribution >= 4 is 17.5 Å². The van der Waals surface area contributed by atoms with Gasteiger partial charge in [0.2, 0.25) is 5.91 Å². The molecule has 1 aliphatic heterocycles. The number of rotatable bonds is 5. The van der Waals surface area contributed by atoms with E-state index in [1.54, 1.807) is 19.9 Å². The Morgan fingerprint density at radius 3 is 2.60 bits per heavy atom. The van der Waals surface area contributed by atoms with E-state index in [0.717, 1.165) is 17.7 Å². The maximum Gasteiger partial charge on any atom is 0.416 e. The van der Waals surface area contributed by atoms with Gasteiger partial charge in [-0.25, -0.2) is 0 Å². The molecule has 0 fully saturated rings. The van der Waals surface area contributed by atoms with Crippen molar-refractivity contribution in [2.75, 3.05) is 11.4 Å². The van der Waals surface area contributed by atoms with Crippen LogP contribution in [0.15, 0.2) is 42.5 Å². The predicted octanol–water partition coefficient (Wildman–Crippen LogP) is 4.22. The molecule has 0 atom stereocenters. The van der Waals surface area contributed by atoms with E-state index < -0.39 is 17.3 Å². The molecule has 8 heteroatoms. The maximum atomic E-state index is 12.8. The predicted molar refractivity (Wildman–Crippen MR) is 106 cm³/mol. The number of ether oxygens (including phenoxy) is 1. The van der Waals surface area contributed by atoms with Crippen molar-refractivity contribution in [3.63, 3.8) is 0 Å². The Balaban J connectivity index is 1.65. The summed E-state index contributed by atoms with van der Waals surface area (Å²) in [6, 6.07) is 10.3. The third kappa shape index (κ3) is 4.75. The van der Waals surface area contributed by atoms with Gasteiger partial charge in [0.25, 0.3) is 5.91 Å². The number of anilines is 1. The van der Waals surface area contributed by atoms with E-state index >= 15 is 0 Å². The van der Waals surface area contributed by atoms with Gasteiger partial charge in [0.05, 0.1) is 11.3 Å². The van der Waals surface area contributed by atoms with Crippen LogP contribution in [0.25, 0.3) is 0 Å². The second kappa shape index (κ2) is 8.01. The molecular weight excluding hydrogens is 397 g/mol. The van der Waals surface area contributed by atoms with Crippen LogP contribution in [-0.4, -0.2) is 24.0 Å². The highest BCUT2D eigenvalue weighted by Gasteiger charge is 2.40. The Morgan fingerprint density at radius 2 is 1.90 bits per heavy atom. The van der Waals surface area contributed by atoms with Gasteiger partial charge in [0.1, 0.15) is 5.75 Å². The first kappa shape index (κ1) is 21.7. The van der Waals surface area contributed by atoms with Crippen LogP contribution in [0.5, 0.6) is 5.75 Å². The highest BCUT2D eigenvalue weighted by molar-refractivity contribution is 6.02. The number of nitrogens with zero attached hydrogens (tertiary/aromatic N) is 1. The molecule has 2 aromatic rings. The van der Waals surface area contributed by atoms with Gasteiger partial charge in [-0.05, 0) is 56.2 Å². The average molecular weight is 420 g/mol. The molecule has 0 radical (unpaired) electrons. The largest absolute Gasteiger partial charge is 0.476 e. The Labute approximate surface area is 172 Å². The molecule has 0 saturated heterocycles. The van der Waals surface area contributed by atoms with Crippen LogP contribution in [-0.2, 0) is 22.3 Å². The molecule has 3 rings (SSSR count). The van der Waals surface area contributed by atoms with Crippen LogP contribution < -0.4 is 15.0 Å². The number of alkyl halides is 3. The minimum Gasteiger partial charge on any atom is -0.476 e. The molecule has 0 aromatic heterocycles. The molecule has 1 aliphatic rings. The molecule has 0 bridgehead atoms. The molecule has 0 unspecified atom stereocenters. The molecule has 0 aliphatic carbocycles. The Kier molecular flexibility index (Phi) is 5.78. The van der Waals surface area contributed by atoms with E-state index in [4.69, 9.17) is 4.74 Å². The Bertz CT molecular complexity index is 970. The summed E-state index contributed by atoms with van der Waals surface area (Å²) in [4.78, 5) is 26.6. The molecule has 5 nitrogen and oxygen atoms in total. The Morgan fingerprint density at radius 1 is 1.17 bits per heavy atom. The third-order valence-electron chi connectivity index (χ3n) is 4.84. The quantitative estimate of drug-likeness (QED) is 0.788. The zero-order valence-corrected chi connectivity index (χ0v) is 17.0. The fourth-order valence-electron chi connectivity index (χ4n) is 3.26. The zero-order chi connectivity index (χ0) is 22.1. The minimum absolute atomic E-state index is 0.00810. The highest BCUT2D eigenvalue weighted by Crippen LogP contribution is 2.38. The SMILES string of the molecule is Cc1ccc2c(c1)N(CCC(=O)NCc1cccc(C(F)(F)F)c1)C(=O)C(C)(C)O2. The van der Waals surface area contributed by atoms with E-state index in [0.29, 0.717) is 17.0 Å². The van der Waals surface area contributed by atoms with Crippen LogP contribution in [0.1, 0.15) is 37.0 Å². The summed E-state index contributed by atoms with van der Waals surface area (Å²) in [5.74, 6) is -0.0560. The van der Waals surface area contributed by atoms with E-state index in [1.165, 1.54) is 17.0 Å². The summed E-state index contributed by atoms with van der Waals surface area (Å²) in [6.45, 7) is 5.33. The number of nitrogens with one attached hydrogen (secondary N) is 1. The van der Waals surface area contributed by atoms with E-state index in [2.05, 4.69) is 5.32 Å². The van der Waals surface area contributed by atoms with Crippen LogP contribution >= 0.6 is 0 Å². The van der Waals surface area contributed by atoms with Gasteiger partial charge >= 0.3 is 6.18 Å². The van der Waals surface area contributed by atoms with Crippen molar-refractivity contribution in [1.29, 1.82) is 0 Å². The fourth-order valence-corrected chi connectivity index (χ4v) is 3.26. The molecule has 1 N–H and O–H groups in total. The lowest BCUT2D eigenvalue weighted by Gasteiger charge is -2.38. The smallest absolute Gasteiger partial charge is 0.416 e. The van der Waals surface area contributed by atoms with Crippen molar-refractivity contribution in [2.24, 2.45) is 0 Å². The van der Waals surface area contributed by atoms with Crippen LogP contribution in [0, 0.1) is 6.92 Å². The normalized spacial score (nSPS) is 15.4. The average Bonchev–Trinajstić information content (AvgIpc) is 2.67. The zero-order valence-electron chi connectivity index (χ0n) is 17.0.